The maximum atomic E-state index is 6.22. The van der Waals surface area contributed by atoms with Gasteiger partial charge in [-0.2, -0.15) is 0 Å². The second-order valence-corrected chi connectivity index (χ2v) is 5.75. The lowest BCUT2D eigenvalue weighted by Gasteiger charge is -2.08. The van der Waals surface area contributed by atoms with E-state index in [4.69, 9.17) is 17.3 Å². The molecule has 0 saturated carbocycles. The van der Waals surface area contributed by atoms with Crippen molar-refractivity contribution in [3.63, 3.8) is 0 Å². The zero-order valence-corrected chi connectivity index (χ0v) is 13.2. The van der Waals surface area contributed by atoms with Crippen LogP contribution in [0.3, 0.4) is 0 Å². The van der Waals surface area contributed by atoms with E-state index in [9.17, 15) is 0 Å². The van der Waals surface area contributed by atoms with Crippen molar-refractivity contribution >= 4 is 33.2 Å². The standard InChI is InChI=1S/C14H11BrClN5/c15-12-4-2-1-3-9(12)8-21-14(18-19-20-21)11-7-10(17)5-6-13(11)16/h1-7H,8,17H2. The molecule has 3 rings (SSSR count). The molecule has 0 radical (unpaired) electrons. The molecule has 0 atom stereocenters. The van der Waals surface area contributed by atoms with E-state index < -0.39 is 0 Å². The summed E-state index contributed by atoms with van der Waals surface area (Å²) in [4.78, 5) is 0. The number of hydrogen-bond acceptors (Lipinski definition) is 4. The first-order valence-corrected chi connectivity index (χ1v) is 7.37. The van der Waals surface area contributed by atoms with Crippen molar-refractivity contribution in [3.05, 3.63) is 57.5 Å². The Labute approximate surface area is 134 Å². The molecule has 2 aromatic carbocycles. The zero-order chi connectivity index (χ0) is 14.8. The molecular weight excluding hydrogens is 354 g/mol. The van der Waals surface area contributed by atoms with E-state index in [2.05, 4.69) is 31.5 Å². The topological polar surface area (TPSA) is 69.6 Å². The monoisotopic (exact) mass is 363 g/mol. The fraction of sp³-hybridized carbons (Fsp3) is 0.0714. The van der Waals surface area contributed by atoms with Crippen LogP contribution in [0.1, 0.15) is 5.56 Å². The normalized spacial score (nSPS) is 10.8. The van der Waals surface area contributed by atoms with Crippen molar-refractivity contribution in [3.8, 4) is 11.4 Å². The van der Waals surface area contributed by atoms with Gasteiger partial charge in [-0.05, 0) is 40.3 Å². The molecule has 7 heteroatoms. The van der Waals surface area contributed by atoms with Crippen molar-refractivity contribution in [2.45, 2.75) is 6.54 Å². The summed E-state index contributed by atoms with van der Waals surface area (Å²) >= 11 is 9.74. The summed E-state index contributed by atoms with van der Waals surface area (Å²) in [5.74, 6) is 0.586. The molecule has 1 heterocycles. The molecule has 1 aromatic heterocycles. The Morgan fingerprint density at radius 3 is 2.81 bits per heavy atom. The number of benzene rings is 2. The third-order valence-electron chi connectivity index (χ3n) is 3.04. The summed E-state index contributed by atoms with van der Waals surface area (Å²) in [6.07, 6.45) is 0. The molecule has 5 nitrogen and oxygen atoms in total. The molecular formula is C14H11BrClN5. The molecule has 21 heavy (non-hydrogen) atoms. The van der Waals surface area contributed by atoms with Gasteiger partial charge in [-0.1, -0.05) is 45.7 Å². The van der Waals surface area contributed by atoms with Gasteiger partial charge in [0, 0.05) is 15.7 Å². The molecule has 0 amide bonds. The summed E-state index contributed by atoms with van der Waals surface area (Å²) in [6.45, 7) is 0.537. The molecule has 0 unspecified atom stereocenters. The molecule has 2 N–H and O–H groups in total. The number of anilines is 1. The zero-order valence-electron chi connectivity index (χ0n) is 10.9. The molecule has 0 fully saturated rings. The van der Waals surface area contributed by atoms with Gasteiger partial charge in [-0.25, -0.2) is 4.68 Å². The van der Waals surface area contributed by atoms with Crippen LogP contribution in [0.4, 0.5) is 5.69 Å². The number of aromatic nitrogens is 4. The number of rotatable bonds is 3. The van der Waals surface area contributed by atoms with Crippen LogP contribution >= 0.6 is 27.5 Å². The molecule has 106 valence electrons. The first-order valence-electron chi connectivity index (χ1n) is 6.20. The third-order valence-corrected chi connectivity index (χ3v) is 4.14. The minimum atomic E-state index is 0.537. The van der Waals surface area contributed by atoms with E-state index in [1.54, 1.807) is 22.9 Å². The number of nitrogens with two attached hydrogens (primary N) is 1. The number of nitrogen functional groups attached to an aromatic ring is 1. The third kappa shape index (κ3) is 2.91. The van der Waals surface area contributed by atoms with Crippen molar-refractivity contribution in [2.24, 2.45) is 0 Å². The van der Waals surface area contributed by atoms with E-state index in [0.29, 0.717) is 28.6 Å². The quantitative estimate of drug-likeness (QED) is 0.723. The Bertz CT molecular complexity index is 787. The molecule has 0 bridgehead atoms. The lowest BCUT2D eigenvalue weighted by atomic mass is 10.2. The SMILES string of the molecule is Nc1ccc(Cl)c(-c2nnnn2Cc2ccccc2Br)c1. The molecule has 0 saturated heterocycles. The average molecular weight is 365 g/mol. The second-order valence-electron chi connectivity index (χ2n) is 4.49. The molecule has 3 aromatic rings. The van der Waals surface area contributed by atoms with Crippen molar-refractivity contribution in [1.82, 2.24) is 20.2 Å². The Morgan fingerprint density at radius 2 is 2.00 bits per heavy atom. The summed E-state index contributed by atoms with van der Waals surface area (Å²) in [7, 11) is 0. The summed E-state index contributed by atoms with van der Waals surface area (Å²) in [6, 6.07) is 13.2. The highest BCUT2D eigenvalue weighted by atomic mass is 79.9. The predicted octanol–water partition coefficient (Wildman–Crippen LogP) is 3.39. The van der Waals surface area contributed by atoms with Gasteiger partial charge >= 0.3 is 0 Å². The maximum absolute atomic E-state index is 6.22. The number of halogens is 2. The van der Waals surface area contributed by atoms with Gasteiger partial charge < -0.3 is 5.73 Å². The first-order chi connectivity index (χ1) is 10.1. The Balaban J connectivity index is 2.02. The van der Waals surface area contributed by atoms with Crippen LogP contribution in [-0.4, -0.2) is 20.2 Å². The first kappa shape index (κ1) is 14.0. The summed E-state index contributed by atoms with van der Waals surface area (Å²) in [5.41, 5.74) is 8.22. The van der Waals surface area contributed by atoms with Gasteiger partial charge in [0.2, 0.25) is 0 Å². The predicted molar refractivity (Wildman–Crippen MR) is 85.9 cm³/mol. The average Bonchev–Trinajstić information content (AvgIpc) is 2.92. The van der Waals surface area contributed by atoms with Crippen molar-refractivity contribution in [2.75, 3.05) is 5.73 Å². The van der Waals surface area contributed by atoms with Crippen LogP contribution in [0.25, 0.3) is 11.4 Å². The van der Waals surface area contributed by atoms with Crippen molar-refractivity contribution < 1.29 is 0 Å². The van der Waals surface area contributed by atoms with E-state index in [1.807, 2.05) is 24.3 Å². The van der Waals surface area contributed by atoms with Gasteiger partial charge in [0.05, 0.1) is 11.6 Å². The highest BCUT2D eigenvalue weighted by molar-refractivity contribution is 9.10. The maximum Gasteiger partial charge on any atom is 0.183 e. The lowest BCUT2D eigenvalue weighted by Crippen LogP contribution is -2.05. The second kappa shape index (κ2) is 5.83. The van der Waals surface area contributed by atoms with Gasteiger partial charge in [0.25, 0.3) is 0 Å². The highest BCUT2D eigenvalue weighted by Gasteiger charge is 2.14. The highest BCUT2D eigenvalue weighted by Crippen LogP contribution is 2.28. The minimum Gasteiger partial charge on any atom is -0.399 e. The van der Waals surface area contributed by atoms with Gasteiger partial charge in [-0.3, -0.25) is 0 Å². The van der Waals surface area contributed by atoms with Crippen LogP contribution in [-0.2, 0) is 6.54 Å². The largest absolute Gasteiger partial charge is 0.399 e. The Kier molecular flexibility index (Phi) is 3.90. The van der Waals surface area contributed by atoms with Crippen LogP contribution in [0.15, 0.2) is 46.9 Å². The number of tetrazole rings is 1. The minimum absolute atomic E-state index is 0.537. The lowest BCUT2D eigenvalue weighted by molar-refractivity contribution is 0.652. The van der Waals surface area contributed by atoms with Gasteiger partial charge in [0.15, 0.2) is 5.82 Å². The number of nitrogens with zero attached hydrogens (tertiary/aromatic N) is 4. The van der Waals surface area contributed by atoms with Gasteiger partial charge in [0.1, 0.15) is 0 Å². The Morgan fingerprint density at radius 1 is 1.19 bits per heavy atom. The molecule has 0 spiro atoms. The molecule has 0 aliphatic carbocycles. The number of hydrogen-bond donors (Lipinski definition) is 1. The van der Waals surface area contributed by atoms with Crippen LogP contribution < -0.4 is 5.73 Å². The smallest absolute Gasteiger partial charge is 0.183 e. The van der Waals surface area contributed by atoms with Crippen LogP contribution in [0.5, 0.6) is 0 Å². The van der Waals surface area contributed by atoms with Crippen molar-refractivity contribution in [1.29, 1.82) is 0 Å². The van der Waals surface area contributed by atoms with E-state index in [-0.39, 0.29) is 0 Å². The fourth-order valence-electron chi connectivity index (χ4n) is 2.01. The van der Waals surface area contributed by atoms with E-state index in [0.717, 1.165) is 10.0 Å². The fourth-order valence-corrected chi connectivity index (χ4v) is 2.62. The molecule has 0 aliphatic heterocycles. The summed E-state index contributed by atoms with van der Waals surface area (Å²) in [5, 5.41) is 12.4. The van der Waals surface area contributed by atoms with E-state index >= 15 is 0 Å². The van der Waals surface area contributed by atoms with Crippen LogP contribution in [0.2, 0.25) is 5.02 Å². The summed E-state index contributed by atoms with van der Waals surface area (Å²) < 4.78 is 2.70. The van der Waals surface area contributed by atoms with Gasteiger partial charge in [-0.15, -0.1) is 5.10 Å². The van der Waals surface area contributed by atoms with E-state index in [1.165, 1.54) is 0 Å². The van der Waals surface area contributed by atoms with Crippen LogP contribution in [0, 0.1) is 0 Å². The molecule has 0 aliphatic rings. The Hall–Kier alpha value is -1.92.